The molecule has 25 heavy (non-hydrogen) atoms. The fourth-order valence-electron chi connectivity index (χ4n) is 2.81. The fourth-order valence-corrected chi connectivity index (χ4v) is 5.12. The van der Waals surface area contributed by atoms with Gasteiger partial charge in [0, 0.05) is 10.6 Å². The molecule has 3 aromatic rings. The normalized spacial score (nSPS) is 19.7. The third-order valence-electron chi connectivity index (χ3n) is 4.05. The number of hydrogen-bond donors (Lipinski definition) is 1. The van der Waals surface area contributed by atoms with Gasteiger partial charge in [0.15, 0.2) is 0 Å². The summed E-state index contributed by atoms with van der Waals surface area (Å²) in [6.07, 6.45) is 0. The maximum Gasteiger partial charge on any atom is 0.202 e. The van der Waals surface area contributed by atoms with Gasteiger partial charge in [-0.1, -0.05) is 18.2 Å². The molecule has 0 aliphatic carbocycles. The molecule has 3 atom stereocenters. The van der Waals surface area contributed by atoms with Crippen LogP contribution in [-0.2, 0) is 10.8 Å². The zero-order valence-electron chi connectivity index (χ0n) is 13.5. The molecule has 0 bridgehead atoms. The lowest BCUT2D eigenvalue weighted by atomic mass is 10.2. The van der Waals surface area contributed by atoms with Crippen LogP contribution in [0.2, 0.25) is 0 Å². The monoisotopic (exact) mass is 371 g/mol. The van der Waals surface area contributed by atoms with Gasteiger partial charge in [0.25, 0.3) is 0 Å². The molecule has 0 saturated heterocycles. The van der Waals surface area contributed by atoms with E-state index in [0.717, 1.165) is 21.2 Å². The van der Waals surface area contributed by atoms with Gasteiger partial charge in [-0.05, 0) is 47.8 Å². The van der Waals surface area contributed by atoms with E-state index in [9.17, 15) is 4.21 Å². The van der Waals surface area contributed by atoms with E-state index in [1.165, 1.54) is 0 Å². The lowest BCUT2D eigenvalue weighted by Gasteiger charge is -2.23. The summed E-state index contributed by atoms with van der Waals surface area (Å²) in [6, 6.07) is 19.0. The molecule has 0 unspecified atom stereocenters. The van der Waals surface area contributed by atoms with Crippen LogP contribution in [0.3, 0.4) is 0 Å². The molecule has 1 aliphatic rings. The minimum Gasteiger partial charge on any atom is -0.497 e. The Morgan fingerprint density at radius 1 is 1.12 bits per heavy atom. The number of fused-ring (bicyclic) bond motifs is 1. The van der Waals surface area contributed by atoms with Gasteiger partial charge in [-0.25, -0.2) is 0 Å². The molecule has 4 nitrogen and oxygen atoms in total. The predicted molar refractivity (Wildman–Crippen MR) is 101 cm³/mol. The molecule has 2 heterocycles. The molecule has 0 radical (unpaired) electrons. The molecule has 1 aliphatic heterocycles. The quantitative estimate of drug-likeness (QED) is 0.720. The third kappa shape index (κ3) is 3.15. The fraction of sp³-hybridized carbons (Fsp3) is 0.158. The minimum absolute atomic E-state index is 0.207. The summed E-state index contributed by atoms with van der Waals surface area (Å²) in [5.74, 6) is 1.50. The SMILES string of the molecule is COc1ccc(N[C@@H](c2cccs2)[C@H]2Oc3ccccc3[S@@]2=O)cc1. The molecule has 1 aromatic heterocycles. The average Bonchev–Trinajstić information content (AvgIpc) is 3.29. The number of thiophene rings is 1. The second kappa shape index (κ2) is 6.90. The van der Waals surface area contributed by atoms with Crippen molar-refractivity contribution in [1.29, 1.82) is 0 Å². The van der Waals surface area contributed by atoms with Crippen LogP contribution in [0.25, 0.3) is 0 Å². The summed E-state index contributed by atoms with van der Waals surface area (Å²) >= 11 is 1.62. The van der Waals surface area contributed by atoms with Gasteiger partial charge >= 0.3 is 0 Å². The highest BCUT2D eigenvalue weighted by atomic mass is 32.2. The standard InChI is InChI=1S/C19H17NO3S2/c1-22-14-10-8-13(9-11-14)20-18(16-6-4-12-24-16)19-23-15-5-2-3-7-17(15)25(19)21/h2-12,18-20H,1H3/t18-,19-,25-/m0/s1. The van der Waals surface area contributed by atoms with Crippen LogP contribution in [0.4, 0.5) is 5.69 Å². The number of anilines is 1. The Balaban J connectivity index is 1.65. The molecule has 0 fully saturated rings. The Labute approximate surface area is 152 Å². The molecule has 0 saturated carbocycles. The first-order chi connectivity index (χ1) is 12.3. The van der Waals surface area contributed by atoms with Crippen LogP contribution < -0.4 is 14.8 Å². The van der Waals surface area contributed by atoms with E-state index < -0.39 is 16.2 Å². The molecule has 0 spiro atoms. The van der Waals surface area contributed by atoms with Gasteiger partial charge in [-0.15, -0.1) is 11.3 Å². The van der Waals surface area contributed by atoms with Gasteiger partial charge in [-0.2, -0.15) is 0 Å². The lowest BCUT2D eigenvalue weighted by Crippen LogP contribution is -2.30. The van der Waals surface area contributed by atoms with Crippen molar-refractivity contribution in [3.63, 3.8) is 0 Å². The Morgan fingerprint density at radius 3 is 2.60 bits per heavy atom. The molecule has 1 N–H and O–H groups in total. The van der Waals surface area contributed by atoms with Crippen molar-refractivity contribution in [1.82, 2.24) is 0 Å². The largest absolute Gasteiger partial charge is 0.497 e. The molecule has 4 rings (SSSR count). The number of benzene rings is 2. The second-order valence-corrected chi connectivity index (χ2v) is 8.07. The van der Waals surface area contributed by atoms with Crippen LogP contribution in [0.15, 0.2) is 70.9 Å². The van der Waals surface area contributed by atoms with E-state index in [1.54, 1.807) is 18.4 Å². The number of para-hydroxylation sites is 1. The van der Waals surface area contributed by atoms with Crippen molar-refractivity contribution in [3.8, 4) is 11.5 Å². The van der Waals surface area contributed by atoms with Crippen molar-refractivity contribution >= 4 is 27.8 Å². The highest BCUT2D eigenvalue weighted by Gasteiger charge is 2.38. The summed E-state index contributed by atoms with van der Waals surface area (Å²) in [5, 5.41) is 5.49. The van der Waals surface area contributed by atoms with Crippen LogP contribution >= 0.6 is 11.3 Å². The summed E-state index contributed by atoms with van der Waals surface area (Å²) < 4.78 is 24.2. The van der Waals surface area contributed by atoms with Crippen LogP contribution in [0, 0.1) is 0 Å². The van der Waals surface area contributed by atoms with Gasteiger partial charge in [-0.3, -0.25) is 4.21 Å². The van der Waals surface area contributed by atoms with E-state index in [2.05, 4.69) is 5.32 Å². The molecule has 128 valence electrons. The summed E-state index contributed by atoms with van der Waals surface area (Å²) in [7, 11) is 0.410. The number of nitrogens with one attached hydrogen (secondary N) is 1. The van der Waals surface area contributed by atoms with E-state index in [0.29, 0.717) is 5.75 Å². The highest BCUT2D eigenvalue weighted by Crippen LogP contribution is 2.40. The first-order valence-corrected chi connectivity index (χ1v) is 9.96. The Hall–Kier alpha value is -2.31. The third-order valence-corrected chi connectivity index (χ3v) is 6.57. The first kappa shape index (κ1) is 16.2. The Kier molecular flexibility index (Phi) is 4.46. The number of ether oxygens (including phenoxy) is 2. The smallest absolute Gasteiger partial charge is 0.202 e. The average molecular weight is 371 g/mol. The van der Waals surface area contributed by atoms with Crippen molar-refractivity contribution in [2.24, 2.45) is 0 Å². The molecular weight excluding hydrogens is 354 g/mol. The van der Waals surface area contributed by atoms with Gasteiger partial charge in [0.05, 0.1) is 12.0 Å². The molecule has 6 heteroatoms. The lowest BCUT2D eigenvalue weighted by molar-refractivity contribution is 0.269. The second-order valence-electron chi connectivity index (χ2n) is 5.60. The minimum atomic E-state index is -1.23. The summed E-state index contributed by atoms with van der Waals surface area (Å²) in [6.45, 7) is 0. The zero-order valence-corrected chi connectivity index (χ0v) is 15.2. The maximum atomic E-state index is 13.0. The number of hydrogen-bond acceptors (Lipinski definition) is 5. The van der Waals surface area contributed by atoms with Crippen LogP contribution in [-0.4, -0.2) is 16.8 Å². The van der Waals surface area contributed by atoms with Crippen molar-refractivity contribution in [2.75, 3.05) is 12.4 Å². The highest BCUT2D eigenvalue weighted by molar-refractivity contribution is 7.86. The van der Waals surface area contributed by atoms with Crippen LogP contribution in [0.1, 0.15) is 10.9 Å². The van der Waals surface area contributed by atoms with Gasteiger partial charge in [0.1, 0.15) is 28.3 Å². The molecular formula is C19H17NO3S2. The number of rotatable bonds is 5. The van der Waals surface area contributed by atoms with Crippen LogP contribution in [0.5, 0.6) is 11.5 Å². The topological polar surface area (TPSA) is 47.6 Å². The zero-order chi connectivity index (χ0) is 17.2. The van der Waals surface area contributed by atoms with Crippen molar-refractivity contribution in [2.45, 2.75) is 16.4 Å². The Bertz CT molecular complexity index is 878. The van der Waals surface area contributed by atoms with Crippen molar-refractivity contribution < 1.29 is 13.7 Å². The van der Waals surface area contributed by atoms with Crippen molar-refractivity contribution in [3.05, 3.63) is 70.9 Å². The molecule has 2 aromatic carbocycles. The maximum absolute atomic E-state index is 13.0. The summed E-state index contributed by atoms with van der Waals surface area (Å²) in [4.78, 5) is 1.84. The van der Waals surface area contributed by atoms with E-state index in [1.807, 2.05) is 66.0 Å². The van der Waals surface area contributed by atoms with Gasteiger partial charge in [0.2, 0.25) is 5.44 Å². The Morgan fingerprint density at radius 2 is 1.92 bits per heavy atom. The van der Waals surface area contributed by atoms with Gasteiger partial charge < -0.3 is 14.8 Å². The molecule has 0 amide bonds. The summed E-state index contributed by atoms with van der Waals surface area (Å²) in [5.41, 5.74) is 0.453. The predicted octanol–water partition coefficient (Wildman–Crippen LogP) is 4.44. The first-order valence-electron chi connectivity index (χ1n) is 7.86. The van der Waals surface area contributed by atoms with E-state index in [4.69, 9.17) is 9.47 Å². The van der Waals surface area contributed by atoms with E-state index in [-0.39, 0.29) is 6.04 Å². The number of methoxy groups -OCH3 is 1. The van der Waals surface area contributed by atoms with E-state index >= 15 is 0 Å².